The van der Waals surface area contributed by atoms with Gasteiger partial charge in [0.15, 0.2) is 5.72 Å². The van der Waals surface area contributed by atoms with Crippen LogP contribution in [0, 0.1) is 0 Å². The number of hydrogen-bond acceptors (Lipinski definition) is 7. The quantitative estimate of drug-likeness (QED) is 0.245. The first-order valence-corrected chi connectivity index (χ1v) is 3.50. The number of aliphatic hydroxyl groups excluding tert-OH is 4. The van der Waals surface area contributed by atoms with Gasteiger partial charge in [-0.25, -0.2) is 0 Å². The molecule has 0 saturated carbocycles. The molecule has 78 valence electrons. The highest BCUT2D eigenvalue weighted by atomic mass is 16.4. The molecular weight excluding hydrogens is 182 g/mol. The van der Waals surface area contributed by atoms with Gasteiger partial charge in [-0.2, -0.15) is 0 Å². The predicted octanol–water partition coefficient (Wildman–Crippen LogP) is -4.09. The van der Waals surface area contributed by atoms with E-state index < -0.39 is 36.9 Å². The van der Waals surface area contributed by atoms with Gasteiger partial charge in [-0.3, -0.25) is 10.5 Å². The van der Waals surface area contributed by atoms with E-state index in [1.807, 2.05) is 0 Å². The summed E-state index contributed by atoms with van der Waals surface area (Å²) >= 11 is 0. The molecule has 0 aliphatic heterocycles. The summed E-state index contributed by atoms with van der Waals surface area (Å²) < 4.78 is 0. The topological polar surface area (TPSA) is 144 Å². The van der Waals surface area contributed by atoms with E-state index >= 15 is 0 Å². The molecule has 0 radical (unpaired) electrons. The van der Waals surface area contributed by atoms with Crippen molar-refractivity contribution in [3.8, 4) is 0 Å². The second kappa shape index (κ2) is 4.61. The molecule has 0 heterocycles. The molecule has 0 bridgehead atoms. The van der Waals surface area contributed by atoms with Gasteiger partial charge in [0.2, 0.25) is 5.78 Å². The molecule has 13 heavy (non-hydrogen) atoms. The summed E-state index contributed by atoms with van der Waals surface area (Å²) in [6.45, 7) is -1.94. The minimum Gasteiger partial charge on any atom is -0.394 e. The molecule has 7 N–H and O–H groups in total. The van der Waals surface area contributed by atoms with Crippen molar-refractivity contribution in [3.05, 3.63) is 0 Å². The van der Waals surface area contributed by atoms with Crippen LogP contribution in [-0.4, -0.2) is 62.5 Å². The minimum absolute atomic E-state index is 0.853. The van der Waals surface area contributed by atoms with E-state index in [9.17, 15) is 4.79 Å². The van der Waals surface area contributed by atoms with E-state index in [0.29, 0.717) is 0 Å². The highest BCUT2D eigenvalue weighted by Crippen LogP contribution is 2.04. The third kappa shape index (κ3) is 2.99. The van der Waals surface area contributed by atoms with Gasteiger partial charge in [-0.1, -0.05) is 0 Å². The smallest absolute Gasteiger partial charge is 0.212 e. The lowest BCUT2D eigenvalue weighted by molar-refractivity contribution is -0.157. The van der Waals surface area contributed by atoms with Crippen molar-refractivity contribution in [2.24, 2.45) is 5.73 Å². The lowest BCUT2D eigenvalue weighted by Crippen LogP contribution is -2.58. The van der Waals surface area contributed by atoms with E-state index in [0.717, 1.165) is 0 Å². The molecule has 0 aromatic heterocycles. The van der Waals surface area contributed by atoms with Crippen LogP contribution in [-0.2, 0) is 4.79 Å². The normalized spacial score (nSPS) is 20.5. The first-order chi connectivity index (χ1) is 5.86. The van der Waals surface area contributed by atoms with Gasteiger partial charge in [-0.05, 0) is 0 Å². The van der Waals surface area contributed by atoms with Crippen molar-refractivity contribution < 1.29 is 30.3 Å². The van der Waals surface area contributed by atoms with Gasteiger partial charge in [0.1, 0.15) is 12.2 Å². The molecule has 0 aliphatic rings. The van der Waals surface area contributed by atoms with Crippen LogP contribution in [0.2, 0.25) is 0 Å². The Hall–Kier alpha value is -0.570. The van der Waals surface area contributed by atoms with Crippen LogP contribution < -0.4 is 5.73 Å². The second-order valence-electron chi connectivity index (χ2n) is 2.64. The van der Waals surface area contributed by atoms with Crippen molar-refractivity contribution in [1.29, 1.82) is 0 Å². The standard InChI is InChI=1S/C6H13NO6/c7-6(13,2-9)5(12)4(11)3(10)1-8/h3-4,8-11,13H,1-2,7H2/t3-,4+,6+/m0/s1. The van der Waals surface area contributed by atoms with E-state index in [2.05, 4.69) is 0 Å². The van der Waals surface area contributed by atoms with Crippen LogP contribution in [0.25, 0.3) is 0 Å². The van der Waals surface area contributed by atoms with Crippen LogP contribution in [0.5, 0.6) is 0 Å². The summed E-state index contributed by atoms with van der Waals surface area (Å²) in [5, 5.41) is 43.4. The zero-order valence-electron chi connectivity index (χ0n) is 6.79. The number of rotatable bonds is 5. The molecule has 7 heteroatoms. The van der Waals surface area contributed by atoms with E-state index in [-0.39, 0.29) is 0 Å². The number of Topliss-reactive ketones (excluding diaryl/α,β-unsaturated/α-hetero) is 1. The fraction of sp³-hybridized carbons (Fsp3) is 0.833. The number of aliphatic hydroxyl groups is 5. The van der Waals surface area contributed by atoms with Crippen molar-refractivity contribution in [2.75, 3.05) is 13.2 Å². The van der Waals surface area contributed by atoms with Crippen molar-refractivity contribution in [3.63, 3.8) is 0 Å². The molecular formula is C6H13NO6. The molecule has 0 saturated heterocycles. The average molecular weight is 195 g/mol. The van der Waals surface area contributed by atoms with E-state index in [4.69, 9.17) is 31.3 Å². The predicted molar refractivity (Wildman–Crippen MR) is 40.3 cm³/mol. The van der Waals surface area contributed by atoms with Gasteiger partial charge in [0.05, 0.1) is 13.2 Å². The van der Waals surface area contributed by atoms with Crippen LogP contribution in [0.1, 0.15) is 0 Å². The fourth-order valence-electron chi connectivity index (χ4n) is 0.609. The van der Waals surface area contributed by atoms with Crippen LogP contribution >= 0.6 is 0 Å². The molecule has 3 atom stereocenters. The summed E-state index contributed by atoms with van der Waals surface area (Å²) in [6, 6.07) is 0. The summed E-state index contributed by atoms with van der Waals surface area (Å²) in [5.41, 5.74) is 2.25. The Kier molecular flexibility index (Phi) is 4.40. The van der Waals surface area contributed by atoms with E-state index in [1.54, 1.807) is 0 Å². The molecule has 0 aromatic carbocycles. The largest absolute Gasteiger partial charge is 0.394 e. The van der Waals surface area contributed by atoms with Crippen LogP contribution in [0.3, 0.4) is 0 Å². The number of hydrogen-bond donors (Lipinski definition) is 6. The Bertz CT molecular complexity index is 182. The summed E-state index contributed by atoms with van der Waals surface area (Å²) in [4.78, 5) is 10.9. The average Bonchev–Trinajstić information content (AvgIpc) is 2.14. The minimum atomic E-state index is -2.60. The Morgan fingerprint density at radius 1 is 1.38 bits per heavy atom. The SMILES string of the molecule is N[C@@](O)(CO)C(=O)[C@H](O)[C@@H](O)CO. The highest BCUT2D eigenvalue weighted by Gasteiger charge is 2.38. The second-order valence-corrected chi connectivity index (χ2v) is 2.64. The van der Waals surface area contributed by atoms with Gasteiger partial charge < -0.3 is 25.5 Å². The molecule has 0 amide bonds. The lowest BCUT2D eigenvalue weighted by atomic mass is 10.0. The number of carbonyl (C=O) groups excluding carboxylic acids is 1. The Morgan fingerprint density at radius 3 is 2.15 bits per heavy atom. The Balaban J connectivity index is 4.42. The van der Waals surface area contributed by atoms with Gasteiger partial charge in [0, 0.05) is 0 Å². The van der Waals surface area contributed by atoms with Crippen molar-refractivity contribution in [2.45, 2.75) is 17.9 Å². The maximum Gasteiger partial charge on any atom is 0.212 e. The summed E-state index contributed by atoms with van der Waals surface area (Å²) in [5.74, 6) is -1.35. The highest BCUT2D eigenvalue weighted by molar-refractivity contribution is 5.90. The van der Waals surface area contributed by atoms with Crippen LogP contribution in [0.15, 0.2) is 0 Å². The molecule has 0 fully saturated rings. The van der Waals surface area contributed by atoms with Crippen molar-refractivity contribution >= 4 is 5.78 Å². The summed E-state index contributed by atoms with van der Waals surface area (Å²) in [6.07, 6.45) is -3.75. The molecule has 0 rings (SSSR count). The first-order valence-electron chi connectivity index (χ1n) is 3.50. The zero-order chi connectivity index (χ0) is 10.6. The van der Waals surface area contributed by atoms with Crippen molar-refractivity contribution in [1.82, 2.24) is 0 Å². The Morgan fingerprint density at radius 2 is 1.85 bits per heavy atom. The molecule has 0 aromatic rings. The van der Waals surface area contributed by atoms with Gasteiger partial charge >= 0.3 is 0 Å². The molecule has 0 unspecified atom stereocenters. The number of carbonyl (C=O) groups is 1. The molecule has 7 nitrogen and oxygen atoms in total. The first kappa shape index (κ1) is 12.4. The summed E-state index contributed by atoms with van der Waals surface area (Å²) in [7, 11) is 0. The van der Waals surface area contributed by atoms with E-state index in [1.165, 1.54) is 0 Å². The third-order valence-corrected chi connectivity index (χ3v) is 1.49. The maximum atomic E-state index is 10.9. The van der Waals surface area contributed by atoms with Gasteiger partial charge in [-0.15, -0.1) is 0 Å². The third-order valence-electron chi connectivity index (χ3n) is 1.49. The van der Waals surface area contributed by atoms with Gasteiger partial charge in [0.25, 0.3) is 0 Å². The maximum absolute atomic E-state index is 10.9. The Labute approximate surface area is 74.0 Å². The number of nitrogens with two attached hydrogens (primary N) is 1. The molecule has 0 spiro atoms. The number of ketones is 1. The monoisotopic (exact) mass is 195 g/mol. The molecule has 0 aliphatic carbocycles. The van der Waals surface area contributed by atoms with Crippen LogP contribution in [0.4, 0.5) is 0 Å². The lowest BCUT2D eigenvalue weighted by Gasteiger charge is -2.23. The fourth-order valence-corrected chi connectivity index (χ4v) is 0.609. The zero-order valence-corrected chi connectivity index (χ0v) is 6.79.